The SMILES string of the molecule is CS(=O)(=O)c1ccc2c(c1)C(CC(N)=O)CN2. The van der Waals surface area contributed by atoms with E-state index >= 15 is 0 Å². The van der Waals surface area contributed by atoms with Crippen LogP contribution in [0.25, 0.3) is 0 Å². The smallest absolute Gasteiger partial charge is 0.218 e. The fraction of sp³-hybridized carbons (Fsp3) is 0.364. The molecule has 0 bridgehead atoms. The van der Waals surface area contributed by atoms with E-state index in [4.69, 9.17) is 5.73 Å². The molecule has 1 aliphatic rings. The summed E-state index contributed by atoms with van der Waals surface area (Å²) in [6.07, 6.45) is 1.40. The summed E-state index contributed by atoms with van der Waals surface area (Å²) in [6.45, 7) is 0.617. The third kappa shape index (κ3) is 2.41. The number of benzene rings is 1. The number of primary amides is 1. The molecule has 2 rings (SSSR count). The Kier molecular flexibility index (Phi) is 2.82. The molecule has 0 fully saturated rings. The first-order valence-electron chi connectivity index (χ1n) is 5.24. The summed E-state index contributed by atoms with van der Waals surface area (Å²) in [5, 5.41) is 3.13. The van der Waals surface area contributed by atoms with Crippen molar-refractivity contribution in [1.29, 1.82) is 0 Å². The molecule has 0 radical (unpaired) electrons. The van der Waals surface area contributed by atoms with Crippen LogP contribution in [-0.2, 0) is 14.6 Å². The second kappa shape index (κ2) is 4.03. The highest BCUT2D eigenvalue weighted by Gasteiger charge is 2.25. The van der Waals surface area contributed by atoms with Crippen molar-refractivity contribution in [3.05, 3.63) is 23.8 Å². The van der Waals surface area contributed by atoms with Crippen LogP contribution in [0.4, 0.5) is 5.69 Å². The minimum atomic E-state index is -3.22. The van der Waals surface area contributed by atoms with E-state index in [9.17, 15) is 13.2 Å². The van der Waals surface area contributed by atoms with Gasteiger partial charge in [0, 0.05) is 30.8 Å². The third-order valence-corrected chi connectivity index (χ3v) is 3.99. The summed E-state index contributed by atoms with van der Waals surface area (Å²) in [4.78, 5) is 11.2. The molecule has 17 heavy (non-hydrogen) atoms. The molecule has 1 heterocycles. The standard InChI is InChI=1S/C11H14N2O3S/c1-17(15,16)8-2-3-10-9(5-8)7(6-13-10)4-11(12)14/h2-3,5,7,13H,4,6H2,1H3,(H2,12,14). The van der Waals surface area contributed by atoms with Gasteiger partial charge < -0.3 is 11.1 Å². The summed E-state index contributed by atoms with van der Waals surface area (Å²) >= 11 is 0. The minimum absolute atomic E-state index is 0.0378. The Morgan fingerprint density at radius 1 is 1.53 bits per heavy atom. The van der Waals surface area contributed by atoms with Crippen molar-refractivity contribution in [3.63, 3.8) is 0 Å². The van der Waals surface area contributed by atoms with Crippen LogP contribution in [0.5, 0.6) is 0 Å². The molecular formula is C11H14N2O3S. The lowest BCUT2D eigenvalue weighted by Crippen LogP contribution is -2.16. The first kappa shape index (κ1) is 11.9. The number of nitrogens with one attached hydrogen (secondary N) is 1. The van der Waals surface area contributed by atoms with E-state index in [1.807, 2.05) is 0 Å². The van der Waals surface area contributed by atoms with E-state index in [1.165, 1.54) is 6.26 Å². The van der Waals surface area contributed by atoms with Gasteiger partial charge in [-0.15, -0.1) is 0 Å². The third-order valence-electron chi connectivity index (χ3n) is 2.88. The summed E-state index contributed by atoms with van der Waals surface area (Å²) in [6, 6.07) is 4.92. The largest absolute Gasteiger partial charge is 0.384 e. The highest BCUT2D eigenvalue weighted by atomic mass is 32.2. The van der Waals surface area contributed by atoms with E-state index in [2.05, 4.69) is 5.32 Å². The molecule has 1 aromatic rings. The van der Waals surface area contributed by atoms with Gasteiger partial charge in [-0.1, -0.05) is 0 Å². The number of rotatable bonds is 3. The Balaban J connectivity index is 2.40. The van der Waals surface area contributed by atoms with Crippen LogP contribution in [0.3, 0.4) is 0 Å². The second-order valence-electron chi connectivity index (χ2n) is 4.27. The average Bonchev–Trinajstić information content (AvgIpc) is 2.59. The maximum atomic E-state index is 11.4. The number of hydrogen-bond donors (Lipinski definition) is 2. The van der Waals surface area contributed by atoms with Crippen LogP contribution in [0, 0.1) is 0 Å². The van der Waals surface area contributed by atoms with E-state index in [0.717, 1.165) is 11.3 Å². The average molecular weight is 254 g/mol. The van der Waals surface area contributed by atoms with Crippen LogP contribution in [0.1, 0.15) is 17.9 Å². The molecule has 0 saturated heterocycles. The second-order valence-corrected chi connectivity index (χ2v) is 6.29. The van der Waals surface area contributed by atoms with Gasteiger partial charge in [-0.05, 0) is 23.8 Å². The minimum Gasteiger partial charge on any atom is -0.384 e. The maximum Gasteiger partial charge on any atom is 0.218 e. The van der Waals surface area contributed by atoms with Crippen molar-refractivity contribution >= 4 is 21.4 Å². The van der Waals surface area contributed by atoms with Gasteiger partial charge in [0.05, 0.1) is 4.90 Å². The van der Waals surface area contributed by atoms with E-state index in [1.54, 1.807) is 18.2 Å². The van der Waals surface area contributed by atoms with Gasteiger partial charge in [0.25, 0.3) is 0 Å². The van der Waals surface area contributed by atoms with Crippen LogP contribution >= 0.6 is 0 Å². The lowest BCUT2D eigenvalue weighted by molar-refractivity contribution is -0.118. The van der Waals surface area contributed by atoms with E-state index in [0.29, 0.717) is 6.54 Å². The van der Waals surface area contributed by atoms with Crippen molar-refractivity contribution in [1.82, 2.24) is 0 Å². The zero-order chi connectivity index (χ0) is 12.6. The number of amides is 1. The number of nitrogens with two attached hydrogens (primary N) is 1. The lowest BCUT2D eigenvalue weighted by Gasteiger charge is -2.08. The first-order chi connectivity index (χ1) is 7.88. The molecule has 0 aliphatic carbocycles. The highest BCUT2D eigenvalue weighted by Crippen LogP contribution is 2.34. The molecular weight excluding hydrogens is 240 g/mol. The van der Waals surface area contributed by atoms with Crippen LogP contribution in [-0.4, -0.2) is 27.1 Å². The molecule has 1 aromatic carbocycles. The summed E-state index contributed by atoms with van der Waals surface area (Å²) in [5.74, 6) is -0.418. The Bertz CT molecular complexity index is 566. The predicted molar refractivity (Wildman–Crippen MR) is 64.6 cm³/mol. The molecule has 1 aliphatic heterocycles. The summed E-state index contributed by atoms with van der Waals surface area (Å²) in [7, 11) is -3.22. The lowest BCUT2D eigenvalue weighted by atomic mass is 9.98. The van der Waals surface area contributed by atoms with Crippen molar-refractivity contribution in [2.75, 3.05) is 18.1 Å². The fourth-order valence-corrected chi connectivity index (χ4v) is 2.69. The van der Waals surface area contributed by atoms with Crippen molar-refractivity contribution < 1.29 is 13.2 Å². The number of anilines is 1. The van der Waals surface area contributed by atoms with Gasteiger partial charge in [0.2, 0.25) is 5.91 Å². The number of sulfone groups is 1. The van der Waals surface area contributed by atoms with Gasteiger partial charge in [-0.2, -0.15) is 0 Å². The molecule has 3 N–H and O–H groups in total. The van der Waals surface area contributed by atoms with Gasteiger partial charge in [0.15, 0.2) is 9.84 Å². The quantitative estimate of drug-likeness (QED) is 0.820. The van der Waals surface area contributed by atoms with Gasteiger partial charge in [0.1, 0.15) is 0 Å². The number of carbonyl (C=O) groups is 1. The Morgan fingerprint density at radius 2 is 2.24 bits per heavy atom. The van der Waals surface area contributed by atoms with Crippen molar-refractivity contribution in [2.24, 2.45) is 5.73 Å². The zero-order valence-corrected chi connectivity index (χ0v) is 10.3. The molecule has 92 valence electrons. The highest BCUT2D eigenvalue weighted by molar-refractivity contribution is 7.90. The molecule has 1 amide bonds. The summed E-state index contributed by atoms with van der Waals surface area (Å²) in [5.41, 5.74) is 6.90. The molecule has 5 nitrogen and oxygen atoms in total. The Hall–Kier alpha value is -1.56. The predicted octanol–water partition coefficient (Wildman–Crippen LogP) is 0.475. The number of hydrogen-bond acceptors (Lipinski definition) is 4. The van der Waals surface area contributed by atoms with Gasteiger partial charge in [-0.3, -0.25) is 4.79 Å². The number of carbonyl (C=O) groups excluding carboxylic acids is 1. The maximum absolute atomic E-state index is 11.4. The summed E-state index contributed by atoms with van der Waals surface area (Å²) < 4.78 is 22.9. The normalized spacial score (nSPS) is 18.5. The topological polar surface area (TPSA) is 89.3 Å². The van der Waals surface area contributed by atoms with Crippen molar-refractivity contribution in [3.8, 4) is 0 Å². The first-order valence-corrected chi connectivity index (χ1v) is 7.13. The fourth-order valence-electron chi connectivity index (χ4n) is 2.04. The van der Waals surface area contributed by atoms with Gasteiger partial charge >= 0.3 is 0 Å². The molecule has 1 unspecified atom stereocenters. The van der Waals surface area contributed by atoms with E-state index < -0.39 is 9.84 Å². The molecule has 6 heteroatoms. The van der Waals surface area contributed by atoms with Gasteiger partial charge in [-0.25, -0.2) is 8.42 Å². The van der Waals surface area contributed by atoms with Crippen molar-refractivity contribution in [2.45, 2.75) is 17.2 Å². The van der Waals surface area contributed by atoms with E-state index in [-0.39, 0.29) is 23.1 Å². The van der Waals surface area contributed by atoms with Crippen LogP contribution in [0.2, 0.25) is 0 Å². The Morgan fingerprint density at radius 3 is 2.82 bits per heavy atom. The molecule has 0 spiro atoms. The Labute approximate surface area is 99.9 Å². The molecule has 1 atom stereocenters. The van der Waals surface area contributed by atoms with Crippen LogP contribution in [0.15, 0.2) is 23.1 Å². The van der Waals surface area contributed by atoms with Crippen LogP contribution < -0.4 is 11.1 Å². The monoisotopic (exact) mass is 254 g/mol. The number of fused-ring (bicyclic) bond motifs is 1. The zero-order valence-electron chi connectivity index (χ0n) is 9.43. The molecule has 0 saturated carbocycles. The molecule has 0 aromatic heterocycles.